The molecule has 0 spiro atoms. The molecule has 1 aliphatic carbocycles. The van der Waals surface area contributed by atoms with E-state index in [0.717, 1.165) is 6.42 Å². The van der Waals surface area contributed by atoms with Crippen molar-refractivity contribution in [1.29, 1.82) is 0 Å². The Bertz CT molecular complexity index is 587. The zero-order valence-electron chi connectivity index (χ0n) is 12.1. The maximum Gasteiger partial charge on any atom is -0.0253 e. The van der Waals surface area contributed by atoms with Crippen LogP contribution in [0.2, 0.25) is 0 Å². The predicted molar refractivity (Wildman–Crippen MR) is 82.7 cm³/mol. The van der Waals surface area contributed by atoms with Crippen molar-refractivity contribution in [3.8, 4) is 11.1 Å². The molecule has 0 fully saturated rings. The molecule has 0 radical (unpaired) electrons. The van der Waals surface area contributed by atoms with Crippen molar-refractivity contribution in [1.82, 2.24) is 0 Å². The van der Waals surface area contributed by atoms with Gasteiger partial charge in [0.05, 0.1) is 0 Å². The molecule has 22 heavy (non-hydrogen) atoms. The van der Waals surface area contributed by atoms with Gasteiger partial charge in [0.25, 0.3) is 0 Å². The van der Waals surface area contributed by atoms with Gasteiger partial charge >= 0.3 is 28.4 Å². The molecule has 0 heterocycles. The van der Waals surface area contributed by atoms with Crippen LogP contribution in [0.4, 0.5) is 0 Å². The summed E-state index contributed by atoms with van der Waals surface area (Å²) in [5, 5.41) is 0. The van der Waals surface area contributed by atoms with E-state index in [4.69, 9.17) is 0 Å². The summed E-state index contributed by atoms with van der Waals surface area (Å²) in [5.41, 5.74) is 5.51. The van der Waals surface area contributed by atoms with Gasteiger partial charge in [-0.25, -0.2) is 12.1 Å². The molecule has 3 heteroatoms. The number of hydrogen-bond acceptors (Lipinski definition) is 0. The van der Waals surface area contributed by atoms with Gasteiger partial charge in [-0.05, 0) is 6.42 Å². The summed E-state index contributed by atoms with van der Waals surface area (Å²) in [6, 6.07) is 28.1. The van der Waals surface area contributed by atoms with Crippen molar-refractivity contribution in [2.45, 2.75) is 6.42 Å². The second-order valence-corrected chi connectivity index (χ2v) is 4.36. The van der Waals surface area contributed by atoms with Gasteiger partial charge in [0.2, 0.25) is 0 Å². The summed E-state index contributed by atoms with van der Waals surface area (Å²) in [5.74, 6) is 0. The average Bonchev–Trinajstić information content (AvgIpc) is 3.20. The number of rotatable bonds is 0. The standard InChI is InChI=1S/C13H9.C5H5.CH2.2ClH.Zr/c1-3-7-12-10(5-1)9-11-6-2-4-8-13(11)12;1-2-4-5-3-1;;;;/h1-5,7-8H,9H2;1-5H;1H2;2*1H;/q2*-1;;;;+2/p-2. The maximum atomic E-state index is 3.34. The zero-order chi connectivity index (χ0) is 14.2. The molecule has 112 valence electrons. The molecule has 0 saturated carbocycles. The van der Waals surface area contributed by atoms with E-state index in [0.29, 0.717) is 0 Å². The van der Waals surface area contributed by atoms with E-state index in [-0.39, 0.29) is 24.8 Å². The fourth-order valence-corrected chi connectivity index (χ4v) is 2.32. The molecule has 0 amide bonds. The second kappa shape index (κ2) is 11.7. The Labute approximate surface area is 160 Å². The van der Waals surface area contributed by atoms with Crippen LogP contribution in [-0.4, -0.2) is 4.21 Å². The molecule has 0 bridgehead atoms. The summed E-state index contributed by atoms with van der Waals surface area (Å²) in [6.45, 7) is 0. The largest absolute Gasteiger partial charge is 1.00 e. The summed E-state index contributed by atoms with van der Waals surface area (Å²) < 4.78 is 3.34. The van der Waals surface area contributed by atoms with Gasteiger partial charge < -0.3 is 24.8 Å². The van der Waals surface area contributed by atoms with E-state index in [9.17, 15) is 0 Å². The van der Waals surface area contributed by atoms with Crippen LogP contribution in [0.25, 0.3) is 11.1 Å². The quantitative estimate of drug-likeness (QED) is 0.310. The van der Waals surface area contributed by atoms with Gasteiger partial charge in [-0.1, -0.05) is 35.4 Å². The molecule has 0 unspecified atom stereocenters. The fourth-order valence-electron chi connectivity index (χ4n) is 2.32. The molecule has 1 aliphatic rings. The van der Waals surface area contributed by atoms with Crippen molar-refractivity contribution >= 4 is 4.21 Å². The molecule has 0 aromatic heterocycles. The third-order valence-electron chi connectivity index (χ3n) is 3.17. The summed E-state index contributed by atoms with van der Waals surface area (Å²) in [4.78, 5) is 0. The smallest absolute Gasteiger partial charge is 0.0253 e. The van der Waals surface area contributed by atoms with Crippen LogP contribution in [0.15, 0.2) is 72.8 Å². The first kappa shape index (κ1) is 21.1. The molecular formula is C19H16Cl2Zr-2. The van der Waals surface area contributed by atoms with Gasteiger partial charge in [0.15, 0.2) is 0 Å². The topological polar surface area (TPSA) is 0 Å². The zero-order valence-corrected chi connectivity index (χ0v) is 16.1. The van der Waals surface area contributed by atoms with Gasteiger partial charge in [0, 0.05) is 0 Å². The fraction of sp³-hybridized carbons (Fsp3) is 0.0526. The third-order valence-corrected chi connectivity index (χ3v) is 3.17. The third kappa shape index (κ3) is 5.39. The van der Waals surface area contributed by atoms with Crippen LogP contribution in [0, 0.1) is 6.07 Å². The molecule has 0 atom stereocenters. The van der Waals surface area contributed by atoms with Crippen LogP contribution >= 0.6 is 0 Å². The molecular weight excluding hydrogens is 390 g/mol. The van der Waals surface area contributed by atoms with E-state index in [2.05, 4.69) is 46.7 Å². The van der Waals surface area contributed by atoms with Crippen molar-refractivity contribution in [2.24, 2.45) is 0 Å². The Morgan fingerprint density at radius 2 is 1.50 bits per heavy atom. The average molecular weight is 406 g/mol. The maximum absolute atomic E-state index is 3.34. The Hall–Kier alpha value is -0.877. The Kier molecular flexibility index (Phi) is 11.2. The van der Waals surface area contributed by atoms with Crippen LogP contribution < -0.4 is 24.8 Å². The SMILES string of the molecule is [CH2]=[Zr+2].[Cl-].[Cl-].[c-]1cccc2c1Cc1ccccc1-2.c1cc[cH-]c1. The Balaban J connectivity index is 0.000000422. The summed E-state index contributed by atoms with van der Waals surface area (Å²) >= 11 is 1.30. The molecule has 0 saturated heterocycles. The van der Waals surface area contributed by atoms with Crippen molar-refractivity contribution < 1.29 is 49.0 Å². The Morgan fingerprint density at radius 1 is 0.864 bits per heavy atom. The van der Waals surface area contributed by atoms with Crippen molar-refractivity contribution in [3.05, 3.63) is 90.0 Å². The van der Waals surface area contributed by atoms with E-state index >= 15 is 0 Å². The second-order valence-electron chi connectivity index (χ2n) is 4.36. The normalized spacial score (nSPS) is 9.36. The van der Waals surface area contributed by atoms with Crippen LogP contribution in [0.1, 0.15) is 11.1 Å². The molecule has 0 nitrogen and oxygen atoms in total. The van der Waals surface area contributed by atoms with Crippen LogP contribution in [0.3, 0.4) is 0 Å². The predicted octanol–water partition coefficient (Wildman–Crippen LogP) is -1.56. The number of hydrogen-bond donors (Lipinski definition) is 0. The molecule has 3 aromatic rings. The summed E-state index contributed by atoms with van der Waals surface area (Å²) in [6.07, 6.45) is 1.05. The van der Waals surface area contributed by atoms with Crippen LogP contribution in [-0.2, 0) is 30.7 Å². The van der Waals surface area contributed by atoms with E-state index in [1.54, 1.807) is 0 Å². The van der Waals surface area contributed by atoms with E-state index in [1.807, 2.05) is 36.4 Å². The van der Waals surface area contributed by atoms with Gasteiger partial charge in [0.1, 0.15) is 0 Å². The summed E-state index contributed by atoms with van der Waals surface area (Å²) in [7, 11) is 0. The monoisotopic (exact) mass is 404 g/mol. The Morgan fingerprint density at radius 3 is 2.14 bits per heavy atom. The minimum absolute atomic E-state index is 0. The number of fused-ring (bicyclic) bond motifs is 3. The van der Waals surface area contributed by atoms with Gasteiger partial charge in [-0.2, -0.15) is 48.0 Å². The van der Waals surface area contributed by atoms with Gasteiger partial charge in [-0.3, -0.25) is 0 Å². The minimum Gasteiger partial charge on any atom is -1.00 e. The van der Waals surface area contributed by atoms with Gasteiger partial charge in [-0.15, -0.1) is 5.56 Å². The molecule has 3 aromatic carbocycles. The van der Waals surface area contributed by atoms with Crippen molar-refractivity contribution in [3.63, 3.8) is 0 Å². The minimum atomic E-state index is 0. The molecule has 4 rings (SSSR count). The molecule has 0 N–H and O–H groups in total. The van der Waals surface area contributed by atoms with Crippen LogP contribution in [0.5, 0.6) is 0 Å². The van der Waals surface area contributed by atoms with Crippen molar-refractivity contribution in [2.75, 3.05) is 0 Å². The first-order valence-electron chi connectivity index (χ1n) is 6.55. The molecule has 0 aliphatic heterocycles. The first-order valence-corrected chi connectivity index (χ1v) is 8.29. The van der Waals surface area contributed by atoms with E-state index < -0.39 is 0 Å². The first-order chi connectivity index (χ1) is 9.95. The van der Waals surface area contributed by atoms with E-state index in [1.165, 1.54) is 46.5 Å². The number of halogens is 2. The number of benzene rings is 2.